The van der Waals surface area contributed by atoms with Gasteiger partial charge in [-0.05, 0) is 30.7 Å². The Morgan fingerprint density at radius 2 is 1.96 bits per heavy atom. The summed E-state index contributed by atoms with van der Waals surface area (Å²) >= 11 is 0. The molecule has 0 radical (unpaired) electrons. The maximum Gasteiger partial charge on any atom is 0.258 e. The zero-order valence-corrected chi connectivity index (χ0v) is 14.0. The molecule has 0 saturated carbocycles. The van der Waals surface area contributed by atoms with Crippen LogP contribution in [0.25, 0.3) is 5.65 Å². The van der Waals surface area contributed by atoms with Gasteiger partial charge < -0.3 is 9.64 Å². The number of fused-ring (bicyclic) bond motifs is 1. The smallest absolute Gasteiger partial charge is 0.258 e. The molecule has 2 aromatic heterocycles. The first-order valence-electron chi connectivity index (χ1n) is 8.10. The maximum absolute atomic E-state index is 12.2. The van der Waals surface area contributed by atoms with Crippen molar-refractivity contribution in [2.75, 3.05) is 20.2 Å². The van der Waals surface area contributed by atoms with E-state index in [1.165, 1.54) is 4.90 Å². The molecule has 1 atom stereocenters. The van der Waals surface area contributed by atoms with Crippen LogP contribution in [0.15, 0.2) is 59.5 Å². The summed E-state index contributed by atoms with van der Waals surface area (Å²) in [4.78, 5) is 18.1. The lowest BCUT2D eigenvalue weighted by Gasteiger charge is -2.14. The first kappa shape index (κ1) is 16.2. The number of benzene rings is 1. The Balaban J connectivity index is 1.62. The lowest BCUT2D eigenvalue weighted by molar-refractivity contribution is -0.894. The number of pyridine rings is 1. The minimum absolute atomic E-state index is 0.0352. The Hall–Kier alpha value is -2.66. The van der Waals surface area contributed by atoms with E-state index in [4.69, 9.17) is 4.74 Å². The van der Waals surface area contributed by atoms with Crippen molar-refractivity contribution in [3.05, 3.63) is 76.3 Å². The Bertz CT molecular complexity index is 875. The quantitative estimate of drug-likeness (QED) is 0.739. The summed E-state index contributed by atoms with van der Waals surface area (Å²) in [6, 6.07) is 15.2. The molecule has 0 aliphatic carbocycles. The van der Waals surface area contributed by atoms with E-state index in [0.29, 0.717) is 18.8 Å². The van der Waals surface area contributed by atoms with Gasteiger partial charge in [-0.2, -0.15) is 0 Å². The molecule has 0 bridgehead atoms. The van der Waals surface area contributed by atoms with Gasteiger partial charge in [0.15, 0.2) is 0 Å². The second-order valence-electron chi connectivity index (χ2n) is 6.07. The number of aromatic nitrogens is 2. The van der Waals surface area contributed by atoms with Crippen LogP contribution in [0.4, 0.5) is 0 Å². The molecule has 3 aromatic rings. The molecule has 0 saturated heterocycles. The van der Waals surface area contributed by atoms with E-state index in [9.17, 15) is 4.79 Å². The lowest BCUT2D eigenvalue weighted by atomic mass is 10.3. The van der Waals surface area contributed by atoms with E-state index in [1.54, 1.807) is 10.5 Å². The number of aryl methyl sites for hydroxylation is 1. The first-order chi connectivity index (χ1) is 11.6. The molecule has 1 aromatic carbocycles. The molecule has 1 unspecified atom stereocenters. The topological polar surface area (TPSA) is 48.0 Å². The van der Waals surface area contributed by atoms with E-state index >= 15 is 0 Å². The fourth-order valence-corrected chi connectivity index (χ4v) is 2.61. The summed E-state index contributed by atoms with van der Waals surface area (Å²) in [7, 11) is 2.08. The van der Waals surface area contributed by atoms with Gasteiger partial charge in [0, 0.05) is 12.3 Å². The Kier molecular flexibility index (Phi) is 4.91. The van der Waals surface area contributed by atoms with Gasteiger partial charge >= 0.3 is 0 Å². The fourth-order valence-electron chi connectivity index (χ4n) is 2.61. The molecule has 5 heteroatoms. The SMILES string of the molecule is Cc1ccc2nc(C[NH+](C)CCOc3ccccc3)cc(=O)n2c1. The summed E-state index contributed by atoms with van der Waals surface area (Å²) in [6.07, 6.45) is 1.82. The van der Waals surface area contributed by atoms with Gasteiger partial charge in [0.2, 0.25) is 0 Å². The zero-order valence-electron chi connectivity index (χ0n) is 14.0. The van der Waals surface area contributed by atoms with Crippen molar-refractivity contribution in [2.45, 2.75) is 13.5 Å². The molecule has 5 nitrogen and oxygen atoms in total. The molecule has 3 rings (SSSR count). The van der Waals surface area contributed by atoms with Gasteiger partial charge in [0.05, 0.1) is 7.05 Å². The second kappa shape index (κ2) is 7.27. The van der Waals surface area contributed by atoms with Crippen molar-refractivity contribution in [3.63, 3.8) is 0 Å². The second-order valence-corrected chi connectivity index (χ2v) is 6.07. The van der Waals surface area contributed by atoms with E-state index < -0.39 is 0 Å². The summed E-state index contributed by atoms with van der Waals surface area (Å²) in [6.45, 7) is 4.12. The summed E-state index contributed by atoms with van der Waals surface area (Å²) in [5.41, 5.74) is 2.50. The average molecular weight is 324 g/mol. The van der Waals surface area contributed by atoms with Gasteiger partial charge in [0.1, 0.15) is 36.8 Å². The Labute approximate surface area is 141 Å². The predicted molar refractivity (Wildman–Crippen MR) is 93.6 cm³/mol. The average Bonchev–Trinajstić information content (AvgIpc) is 2.56. The number of hydrogen-bond donors (Lipinski definition) is 1. The molecule has 0 fully saturated rings. The summed E-state index contributed by atoms with van der Waals surface area (Å²) < 4.78 is 7.30. The molecule has 124 valence electrons. The monoisotopic (exact) mass is 324 g/mol. The van der Waals surface area contributed by atoms with Crippen LogP contribution >= 0.6 is 0 Å². The highest BCUT2D eigenvalue weighted by Crippen LogP contribution is 2.07. The number of para-hydroxylation sites is 1. The number of rotatable bonds is 6. The van der Waals surface area contributed by atoms with Crippen LogP contribution < -0.4 is 15.2 Å². The van der Waals surface area contributed by atoms with Gasteiger partial charge in [-0.3, -0.25) is 9.20 Å². The number of likely N-dealkylation sites (N-methyl/N-ethyl adjacent to an activating group) is 1. The van der Waals surface area contributed by atoms with Gasteiger partial charge in [-0.1, -0.05) is 24.3 Å². The number of hydrogen-bond acceptors (Lipinski definition) is 3. The molecule has 0 spiro atoms. The van der Waals surface area contributed by atoms with E-state index in [1.807, 2.05) is 55.6 Å². The largest absolute Gasteiger partial charge is 0.488 e. The number of nitrogens with one attached hydrogen (secondary N) is 1. The third-order valence-electron chi connectivity index (χ3n) is 3.88. The number of quaternary nitrogens is 1. The van der Waals surface area contributed by atoms with Crippen LogP contribution in [0.3, 0.4) is 0 Å². The van der Waals surface area contributed by atoms with Crippen LogP contribution in [0, 0.1) is 6.92 Å². The highest BCUT2D eigenvalue weighted by atomic mass is 16.5. The van der Waals surface area contributed by atoms with Crippen LogP contribution in [0.2, 0.25) is 0 Å². The highest BCUT2D eigenvalue weighted by molar-refractivity contribution is 5.39. The van der Waals surface area contributed by atoms with E-state index in [0.717, 1.165) is 23.6 Å². The lowest BCUT2D eigenvalue weighted by Crippen LogP contribution is -3.08. The Morgan fingerprint density at radius 3 is 2.75 bits per heavy atom. The summed E-state index contributed by atoms with van der Waals surface area (Å²) in [5, 5.41) is 0. The van der Waals surface area contributed by atoms with Crippen LogP contribution in [-0.4, -0.2) is 29.6 Å². The summed E-state index contributed by atoms with van der Waals surface area (Å²) in [5.74, 6) is 0.878. The van der Waals surface area contributed by atoms with Crippen molar-refractivity contribution >= 4 is 5.65 Å². The van der Waals surface area contributed by atoms with Crippen LogP contribution in [0.1, 0.15) is 11.3 Å². The van der Waals surface area contributed by atoms with Gasteiger partial charge in [0.25, 0.3) is 5.56 Å². The van der Waals surface area contributed by atoms with Crippen LogP contribution in [-0.2, 0) is 6.54 Å². The molecule has 0 aliphatic heterocycles. The normalized spacial score (nSPS) is 12.2. The van der Waals surface area contributed by atoms with E-state index in [-0.39, 0.29) is 5.56 Å². The van der Waals surface area contributed by atoms with Crippen molar-refractivity contribution in [1.29, 1.82) is 0 Å². The first-order valence-corrected chi connectivity index (χ1v) is 8.10. The van der Waals surface area contributed by atoms with Crippen molar-refractivity contribution in [2.24, 2.45) is 0 Å². The molecule has 0 aliphatic rings. The van der Waals surface area contributed by atoms with Crippen molar-refractivity contribution in [1.82, 2.24) is 9.38 Å². The predicted octanol–water partition coefficient (Wildman–Crippen LogP) is 1.10. The molecule has 0 amide bonds. The molecular formula is C19H22N3O2+. The minimum Gasteiger partial charge on any atom is -0.488 e. The van der Waals surface area contributed by atoms with E-state index in [2.05, 4.69) is 12.0 Å². The van der Waals surface area contributed by atoms with Crippen molar-refractivity contribution < 1.29 is 9.64 Å². The van der Waals surface area contributed by atoms with Crippen LogP contribution in [0.5, 0.6) is 5.75 Å². The maximum atomic E-state index is 12.2. The van der Waals surface area contributed by atoms with Gasteiger partial charge in [-0.25, -0.2) is 4.98 Å². The third kappa shape index (κ3) is 4.00. The third-order valence-corrected chi connectivity index (χ3v) is 3.88. The Morgan fingerprint density at radius 1 is 1.17 bits per heavy atom. The highest BCUT2D eigenvalue weighted by Gasteiger charge is 2.08. The van der Waals surface area contributed by atoms with Gasteiger partial charge in [-0.15, -0.1) is 0 Å². The fraction of sp³-hybridized carbons (Fsp3) is 0.263. The molecule has 1 N–H and O–H groups in total. The molecule has 2 heterocycles. The molecule has 24 heavy (non-hydrogen) atoms. The standard InChI is InChI=1S/C19H21N3O2/c1-15-8-9-18-20-16(12-19(23)22(18)13-15)14-21(2)10-11-24-17-6-4-3-5-7-17/h3-9,12-13H,10-11,14H2,1-2H3/p+1. The number of nitrogens with zero attached hydrogens (tertiary/aromatic N) is 2. The minimum atomic E-state index is -0.0352. The number of ether oxygens (including phenoxy) is 1. The zero-order chi connectivity index (χ0) is 16.9. The molecular weight excluding hydrogens is 302 g/mol. The van der Waals surface area contributed by atoms with Crippen molar-refractivity contribution in [3.8, 4) is 5.75 Å².